The first-order valence-electron chi connectivity index (χ1n) is 12.2. The molecule has 3 rings (SSSR count). The van der Waals surface area contributed by atoms with E-state index < -0.39 is 41.7 Å². The molecule has 1 aromatic carbocycles. The summed E-state index contributed by atoms with van der Waals surface area (Å²) < 4.78 is 24.9. The minimum absolute atomic E-state index is 0.183. The number of hydrogen-bond acceptors (Lipinski definition) is 6. The van der Waals surface area contributed by atoms with Crippen molar-refractivity contribution in [2.45, 2.75) is 91.6 Å². The van der Waals surface area contributed by atoms with E-state index >= 15 is 0 Å². The average Bonchev–Trinajstić information content (AvgIpc) is 3.19. The van der Waals surface area contributed by atoms with Gasteiger partial charge in [0.15, 0.2) is 0 Å². The minimum atomic E-state index is -0.646. The van der Waals surface area contributed by atoms with Crippen molar-refractivity contribution in [2.75, 3.05) is 6.54 Å². The Labute approximate surface area is 214 Å². The molecule has 9 heteroatoms. The molecule has 1 saturated heterocycles. The van der Waals surface area contributed by atoms with E-state index in [0.717, 1.165) is 21.9 Å². The molecule has 1 amide bonds. The van der Waals surface area contributed by atoms with Crippen LogP contribution in [0.4, 0.5) is 9.59 Å². The summed E-state index contributed by atoms with van der Waals surface area (Å²) in [5, 5.41) is 3.69. The number of amides is 1. The number of nitrogens with zero attached hydrogens (tertiary/aromatic N) is 1. The molecule has 196 valence electrons. The zero-order valence-corrected chi connectivity index (χ0v) is 23.1. The van der Waals surface area contributed by atoms with Gasteiger partial charge in [-0.1, -0.05) is 12.1 Å². The van der Waals surface area contributed by atoms with Gasteiger partial charge < -0.3 is 24.1 Å². The summed E-state index contributed by atoms with van der Waals surface area (Å²) in [5.74, 6) is 0. The number of ether oxygens (including phenoxy) is 2. The van der Waals surface area contributed by atoms with E-state index in [1.165, 1.54) is 4.57 Å². The maximum Gasteiger partial charge on any atom is 0.492 e. The molecule has 2 aromatic rings. The molecule has 0 bridgehead atoms. The van der Waals surface area contributed by atoms with Crippen LogP contribution in [0.25, 0.3) is 17.0 Å². The van der Waals surface area contributed by atoms with Crippen LogP contribution in [0.1, 0.15) is 74.8 Å². The zero-order chi connectivity index (χ0) is 27.1. The second kappa shape index (κ2) is 9.59. The third kappa shape index (κ3) is 6.71. The van der Waals surface area contributed by atoms with Crippen molar-refractivity contribution in [2.24, 2.45) is 0 Å². The van der Waals surface area contributed by atoms with Gasteiger partial charge in [0.2, 0.25) is 0 Å². The highest BCUT2D eigenvalue weighted by Gasteiger charge is 2.52. The number of carbonyl (C=O) groups is 2. The Morgan fingerprint density at radius 1 is 0.972 bits per heavy atom. The second-order valence-electron chi connectivity index (χ2n) is 12.1. The Kier molecular flexibility index (Phi) is 7.41. The van der Waals surface area contributed by atoms with E-state index in [0.29, 0.717) is 0 Å². The molecule has 0 atom stereocenters. The topological polar surface area (TPSA) is 88.0 Å². The van der Waals surface area contributed by atoms with E-state index in [-0.39, 0.29) is 6.54 Å². The van der Waals surface area contributed by atoms with Crippen molar-refractivity contribution >= 4 is 36.3 Å². The van der Waals surface area contributed by atoms with Gasteiger partial charge >= 0.3 is 19.3 Å². The molecule has 1 N–H and O–H groups in total. The quantitative estimate of drug-likeness (QED) is 0.523. The number of aromatic nitrogens is 1. The van der Waals surface area contributed by atoms with E-state index in [1.807, 2.05) is 99.6 Å². The van der Waals surface area contributed by atoms with Gasteiger partial charge in [0.05, 0.1) is 16.7 Å². The summed E-state index contributed by atoms with van der Waals surface area (Å²) in [4.78, 5) is 24.9. The van der Waals surface area contributed by atoms with Crippen molar-refractivity contribution in [3.05, 3.63) is 41.5 Å². The molecule has 1 aliphatic rings. The summed E-state index contributed by atoms with van der Waals surface area (Å²) in [6, 6.07) is 7.61. The van der Waals surface area contributed by atoms with Crippen molar-refractivity contribution in [1.29, 1.82) is 0 Å². The lowest BCUT2D eigenvalue weighted by Gasteiger charge is -2.32. The van der Waals surface area contributed by atoms with Crippen LogP contribution >= 0.6 is 0 Å². The maximum absolute atomic E-state index is 12.6. The highest BCUT2D eigenvalue weighted by Crippen LogP contribution is 2.39. The smallest absolute Gasteiger partial charge is 0.444 e. The fourth-order valence-corrected chi connectivity index (χ4v) is 3.62. The lowest BCUT2D eigenvalue weighted by molar-refractivity contribution is 0.00578. The van der Waals surface area contributed by atoms with Gasteiger partial charge in [-0.2, -0.15) is 0 Å². The Hall–Kier alpha value is -2.78. The number of nitrogens with one attached hydrogen (secondary N) is 1. The Morgan fingerprint density at radius 2 is 1.56 bits per heavy atom. The summed E-state index contributed by atoms with van der Waals surface area (Å²) >= 11 is 0. The van der Waals surface area contributed by atoms with E-state index in [1.54, 1.807) is 6.20 Å². The molecular weight excluding hydrogens is 459 g/mol. The largest absolute Gasteiger partial charge is 0.492 e. The number of benzene rings is 1. The first kappa shape index (κ1) is 27.8. The van der Waals surface area contributed by atoms with Gasteiger partial charge in [0.25, 0.3) is 0 Å². The van der Waals surface area contributed by atoms with Crippen LogP contribution in [0, 0.1) is 0 Å². The highest BCUT2D eigenvalue weighted by atomic mass is 16.7. The lowest BCUT2D eigenvalue weighted by Crippen LogP contribution is -2.41. The van der Waals surface area contributed by atoms with Crippen LogP contribution in [0.3, 0.4) is 0 Å². The second-order valence-corrected chi connectivity index (χ2v) is 12.1. The molecule has 8 nitrogen and oxygen atoms in total. The maximum atomic E-state index is 12.6. The van der Waals surface area contributed by atoms with Crippen LogP contribution < -0.4 is 5.32 Å². The molecule has 0 radical (unpaired) electrons. The fraction of sp³-hybridized carbons (Fsp3) is 0.556. The van der Waals surface area contributed by atoms with Crippen LogP contribution in [0.5, 0.6) is 0 Å². The summed E-state index contributed by atoms with van der Waals surface area (Å²) in [5.41, 5.74) is 0.102. The Bertz CT molecular complexity index is 1150. The number of carbonyl (C=O) groups excluding carboxylic acids is 2. The molecule has 1 fully saturated rings. The number of fused-ring (bicyclic) bond motifs is 1. The first-order chi connectivity index (χ1) is 16.4. The van der Waals surface area contributed by atoms with Crippen LogP contribution in [-0.4, -0.2) is 52.8 Å². The van der Waals surface area contributed by atoms with Gasteiger partial charge in [-0.3, -0.25) is 4.57 Å². The molecule has 36 heavy (non-hydrogen) atoms. The zero-order valence-electron chi connectivity index (χ0n) is 23.1. The average molecular weight is 498 g/mol. The Morgan fingerprint density at radius 3 is 2.11 bits per heavy atom. The third-order valence-electron chi connectivity index (χ3n) is 6.05. The van der Waals surface area contributed by atoms with Crippen LogP contribution in [0.2, 0.25) is 0 Å². The molecule has 0 saturated carbocycles. The molecule has 2 heterocycles. The summed E-state index contributed by atoms with van der Waals surface area (Å²) in [6.45, 7) is 19.1. The molecule has 1 aromatic heterocycles. The van der Waals surface area contributed by atoms with Crippen molar-refractivity contribution in [3.8, 4) is 0 Å². The Balaban J connectivity index is 1.90. The molecule has 0 spiro atoms. The van der Waals surface area contributed by atoms with E-state index in [9.17, 15) is 9.59 Å². The van der Waals surface area contributed by atoms with Gasteiger partial charge in [-0.25, -0.2) is 9.59 Å². The monoisotopic (exact) mass is 498 g/mol. The van der Waals surface area contributed by atoms with E-state index in [2.05, 4.69) is 5.32 Å². The predicted molar refractivity (Wildman–Crippen MR) is 142 cm³/mol. The molecule has 0 unspecified atom stereocenters. The van der Waals surface area contributed by atoms with Crippen molar-refractivity contribution in [3.63, 3.8) is 0 Å². The number of alkyl carbamates (subject to hydrolysis) is 1. The van der Waals surface area contributed by atoms with Crippen molar-refractivity contribution < 1.29 is 28.4 Å². The normalized spacial score (nSPS) is 17.8. The lowest BCUT2D eigenvalue weighted by atomic mass is 9.77. The minimum Gasteiger partial charge on any atom is -0.444 e. The van der Waals surface area contributed by atoms with Crippen LogP contribution in [0.15, 0.2) is 35.9 Å². The van der Waals surface area contributed by atoms with Gasteiger partial charge in [0.1, 0.15) is 11.2 Å². The summed E-state index contributed by atoms with van der Waals surface area (Å²) in [6.07, 6.45) is 2.69. The van der Waals surface area contributed by atoms with Crippen LogP contribution in [-0.2, 0) is 18.8 Å². The third-order valence-corrected chi connectivity index (χ3v) is 6.05. The fourth-order valence-electron chi connectivity index (χ4n) is 3.62. The van der Waals surface area contributed by atoms with E-state index in [4.69, 9.17) is 18.8 Å². The molecule has 0 aliphatic carbocycles. The van der Waals surface area contributed by atoms with Gasteiger partial charge in [0, 0.05) is 18.1 Å². The molecular formula is C27H39BN2O6. The predicted octanol–water partition coefficient (Wildman–Crippen LogP) is 5.96. The first-order valence-corrected chi connectivity index (χ1v) is 12.2. The number of rotatable bonds is 4. The highest BCUT2D eigenvalue weighted by molar-refractivity contribution is 6.56. The number of hydrogen-bond donors (Lipinski definition) is 1. The molecule has 1 aliphatic heterocycles. The SMILES string of the molecule is CC(C)(C)OC(=O)NCC(=Cc1ccc2c(ccn2C(=O)OC(C)(C)C)c1)B1OC(C)(C)C(C)(C)O1. The summed E-state index contributed by atoms with van der Waals surface area (Å²) in [7, 11) is -0.646. The standard InChI is InChI=1S/C27H39BN2O6/c1-24(2,3)33-22(31)29-17-20(28-35-26(7,8)27(9,10)36-28)16-18-11-12-21-19(15-18)13-14-30(21)23(32)34-25(4,5)6/h11-16H,17H2,1-10H3,(H,29,31). The van der Waals surface area contributed by atoms with Gasteiger partial charge in [-0.05, 0) is 98.5 Å². The van der Waals surface area contributed by atoms with Crippen molar-refractivity contribution in [1.82, 2.24) is 9.88 Å². The van der Waals surface area contributed by atoms with Gasteiger partial charge in [-0.15, -0.1) is 0 Å².